The SMILES string of the molecule is C=CCc1cc(OC)c2c(c1)O[C@@H](C)[C@H](c1ccc3c(c1)OCO3)O2. The summed E-state index contributed by atoms with van der Waals surface area (Å²) in [5, 5.41) is 0. The van der Waals surface area contributed by atoms with Gasteiger partial charge in [0.15, 0.2) is 29.1 Å². The Morgan fingerprint density at radius 1 is 1.12 bits per heavy atom. The fraction of sp³-hybridized carbons (Fsp3) is 0.300. The van der Waals surface area contributed by atoms with Crippen molar-refractivity contribution in [3.05, 3.63) is 54.1 Å². The summed E-state index contributed by atoms with van der Waals surface area (Å²) in [7, 11) is 1.63. The Morgan fingerprint density at radius 3 is 2.76 bits per heavy atom. The predicted molar refractivity (Wildman–Crippen MR) is 92.9 cm³/mol. The number of hydrogen-bond donors (Lipinski definition) is 0. The highest BCUT2D eigenvalue weighted by atomic mass is 16.7. The molecule has 0 N–H and O–H groups in total. The van der Waals surface area contributed by atoms with Crippen molar-refractivity contribution in [2.75, 3.05) is 13.9 Å². The van der Waals surface area contributed by atoms with Crippen LogP contribution in [0.1, 0.15) is 24.2 Å². The third-order valence-electron chi connectivity index (χ3n) is 4.39. The van der Waals surface area contributed by atoms with Crippen molar-refractivity contribution in [2.45, 2.75) is 25.6 Å². The molecule has 2 atom stereocenters. The quantitative estimate of drug-likeness (QED) is 0.786. The first-order valence-electron chi connectivity index (χ1n) is 8.24. The van der Waals surface area contributed by atoms with E-state index in [1.165, 1.54) is 0 Å². The van der Waals surface area contributed by atoms with E-state index in [4.69, 9.17) is 23.7 Å². The van der Waals surface area contributed by atoms with E-state index in [1.807, 2.05) is 43.3 Å². The molecule has 2 aliphatic rings. The Morgan fingerprint density at radius 2 is 1.96 bits per heavy atom. The zero-order valence-electron chi connectivity index (χ0n) is 14.3. The molecule has 2 heterocycles. The smallest absolute Gasteiger partial charge is 0.231 e. The molecule has 25 heavy (non-hydrogen) atoms. The third-order valence-corrected chi connectivity index (χ3v) is 4.39. The van der Waals surface area contributed by atoms with Crippen LogP contribution in [0.15, 0.2) is 43.0 Å². The molecule has 5 nitrogen and oxygen atoms in total. The largest absolute Gasteiger partial charge is 0.493 e. The summed E-state index contributed by atoms with van der Waals surface area (Å²) < 4.78 is 28.8. The maximum Gasteiger partial charge on any atom is 0.231 e. The molecule has 2 aromatic carbocycles. The van der Waals surface area contributed by atoms with Gasteiger partial charge in [0, 0.05) is 5.56 Å². The van der Waals surface area contributed by atoms with E-state index in [9.17, 15) is 0 Å². The maximum absolute atomic E-state index is 6.27. The Kier molecular flexibility index (Phi) is 3.92. The van der Waals surface area contributed by atoms with Crippen molar-refractivity contribution in [3.8, 4) is 28.7 Å². The molecule has 0 aliphatic carbocycles. The van der Waals surface area contributed by atoms with Gasteiger partial charge in [-0.1, -0.05) is 12.1 Å². The lowest BCUT2D eigenvalue weighted by atomic mass is 10.0. The molecule has 0 fully saturated rings. The molecule has 0 saturated carbocycles. The minimum Gasteiger partial charge on any atom is -0.493 e. The molecule has 0 amide bonds. The van der Waals surface area contributed by atoms with Gasteiger partial charge < -0.3 is 23.7 Å². The molecular formula is C20H20O5. The zero-order valence-corrected chi connectivity index (χ0v) is 14.3. The van der Waals surface area contributed by atoms with Gasteiger partial charge in [-0.25, -0.2) is 0 Å². The van der Waals surface area contributed by atoms with Crippen LogP contribution in [0.5, 0.6) is 28.7 Å². The Bertz CT molecular complexity index is 814. The van der Waals surface area contributed by atoms with E-state index in [1.54, 1.807) is 7.11 Å². The second-order valence-electron chi connectivity index (χ2n) is 6.09. The molecule has 0 saturated heterocycles. The second kappa shape index (κ2) is 6.24. The summed E-state index contributed by atoms with van der Waals surface area (Å²) in [4.78, 5) is 0. The maximum atomic E-state index is 6.27. The van der Waals surface area contributed by atoms with E-state index in [2.05, 4.69) is 6.58 Å². The van der Waals surface area contributed by atoms with Crippen molar-refractivity contribution >= 4 is 0 Å². The van der Waals surface area contributed by atoms with Crippen LogP contribution in [0, 0.1) is 0 Å². The third kappa shape index (κ3) is 2.76. The van der Waals surface area contributed by atoms with Gasteiger partial charge in [-0.15, -0.1) is 6.58 Å². The molecule has 130 valence electrons. The number of fused-ring (bicyclic) bond motifs is 2. The summed E-state index contributed by atoms with van der Waals surface area (Å²) in [5.74, 6) is 3.45. The number of benzene rings is 2. The lowest BCUT2D eigenvalue weighted by Crippen LogP contribution is -2.30. The first kappa shape index (κ1) is 15.7. The molecule has 5 heteroatoms. The predicted octanol–water partition coefficient (Wildman–Crippen LogP) is 4.05. The summed E-state index contributed by atoms with van der Waals surface area (Å²) in [6.45, 7) is 6.02. The fourth-order valence-electron chi connectivity index (χ4n) is 3.18. The van der Waals surface area contributed by atoms with Gasteiger partial charge >= 0.3 is 0 Å². The van der Waals surface area contributed by atoms with Crippen LogP contribution in [-0.2, 0) is 6.42 Å². The van der Waals surface area contributed by atoms with E-state index in [0.29, 0.717) is 17.2 Å². The van der Waals surface area contributed by atoms with E-state index in [0.717, 1.165) is 29.0 Å². The summed E-state index contributed by atoms with van der Waals surface area (Å²) >= 11 is 0. The Hall–Kier alpha value is -2.82. The monoisotopic (exact) mass is 340 g/mol. The highest BCUT2D eigenvalue weighted by molar-refractivity contribution is 5.56. The topological polar surface area (TPSA) is 46.2 Å². The van der Waals surface area contributed by atoms with Crippen LogP contribution in [0.25, 0.3) is 0 Å². The van der Waals surface area contributed by atoms with Crippen molar-refractivity contribution in [3.63, 3.8) is 0 Å². The zero-order chi connectivity index (χ0) is 17.4. The minimum absolute atomic E-state index is 0.156. The first-order chi connectivity index (χ1) is 12.2. The van der Waals surface area contributed by atoms with E-state index in [-0.39, 0.29) is 19.0 Å². The van der Waals surface area contributed by atoms with E-state index < -0.39 is 0 Å². The molecule has 0 spiro atoms. The van der Waals surface area contributed by atoms with Crippen LogP contribution in [-0.4, -0.2) is 20.0 Å². The van der Waals surface area contributed by atoms with Gasteiger partial charge in [0.2, 0.25) is 12.5 Å². The molecule has 0 unspecified atom stereocenters. The standard InChI is InChI=1S/C20H20O5/c1-4-5-13-8-17(21-3)20-18(9-13)24-12(2)19(25-20)14-6-7-15-16(10-14)23-11-22-15/h4,6-10,12,19H,1,5,11H2,2-3H3/t12-,19+/m0/s1. The van der Waals surface area contributed by atoms with Crippen molar-refractivity contribution < 1.29 is 23.7 Å². The number of allylic oxidation sites excluding steroid dienone is 1. The van der Waals surface area contributed by atoms with Crippen molar-refractivity contribution in [1.29, 1.82) is 0 Å². The average molecular weight is 340 g/mol. The van der Waals surface area contributed by atoms with Crippen LogP contribution in [0.4, 0.5) is 0 Å². The van der Waals surface area contributed by atoms with Crippen LogP contribution >= 0.6 is 0 Å². The Labute approximate surface area is 146 Å². The van der Waals surface area contributed by atoms with Crippen LogP contribution in [0.2, 0.25) is 0 Å². The number of rotatable bonds is 4. The molecule has 2 aliphatic heterocycles. The highest BCUT2D eigenvalue weighted by Gasteiger charge is 2.33. The number of hydrogen-bond acceptors (Lipinski definition) is 5. The number of methoxy groups -OCH3 is 1. The van der Waals surface area contributed by atoms with Crippen LogP contribution < -0.4 is 23.7 Å². The molecule has 0 radical (unpaired) electrons. The molecule has 0 aromatic heterocycles. The summed E-state index contributed by atoms with van der Waals surface area (Å²) in [6.07, 6.45) is 2.18. The lowest BCUT2D eigenvalue weighted by molar-refractivity contribution is 0.0279. The van der Waals surface area contributed by atoms with Crippen molar-refractivity contribution in [1.82, 2.24) is 0 Å². The molecule has 2 aromatic rings. The van der Waals surface area contributed by atoms with Gasteiger partial charge in [0.25, 0.3) is 0 Å². The lowest BCUT2D eigenvalue weighted by Gasteiger charge is -2.33. The van der Waals surface area contributed by atoms with Crippen molar-refractivity contribution in [2.24, 2.45) is 0 Å². The molecule has 4 rings (SSSR count). The van der Waals surface area contributed by atoms with Gasteiger partial charge in [-0.3, -0.25) is 0 Å². The van der Waals surface area contributed by atoms with Gasteiger partial charge in [0.1, 0.15) is 6.10 Å². The van der Waals surface area contributed by atoms with E-state index >= 15 is 0 Å². The minimum atomic E-state index is -0.263. The highest BCUT2D eigenvalue weighted by Crippen LogP contribution is 2.47. The average Bonchev–Trinajstić information content (AvgIpc) is 3.08. The van der Waals surface area contributed by atoms with Gasteiger partial charge in [-0.2, -0.15) is 0 Å². The first-order valence-corrected chi connectivity index (χ1v) is 8.24. The van der Waals surface area contributed by atoms with Crippen LogP contribution in [0.3, 0.4) is 0 Å². The summed E-state index contributed by atoms with van der Waals surface area (Å²) in [6, 6.07) is 9.74. The summed E-state index contributed by atoms with van der Waals surface area (Å²) in [5.41, 5.74) is 2.04. The second-order valence-corrected chi connectivity index (χ2v) is 6.09. The molecular weight excluding hydrogens is 320 g/mol. The fourth-order valence-corrected chi connectivity index (χ4v) is 3.18. The van der Waals surface area contributed by atoms with Gasteiger partial charge in [-0.05, 0) is 43.2 Å². The normalized spacial score (nSPS) is 20.2. The molecule has 0 bridgehead atoms. The Balaban J connectivity index is 1.69. The van der Waals surface area contributed by atoms with Gasteiger partial charge in [0.05, 0.1) is 7.11 Å². The number of ether oxygens (including phenoxy) is 5.